The van der Waals surface area contributed by atoms with Gasteiger partial charge in [0.1, 0.15) is 5.82 Å². The molecular weight excluding hydrogens is 264 g/mol. The minimum atomic E-state index is -3.21. The summed E-state index contributed by atoms with van der Waals surface area (Å²) in [6.45, 7) is 0.582. The van der Waals surface area contributed by atoms with Crippen LogP contribution in [-0.4, -0.2) is 27.8 Å². The molecule has 0 bridgehead atoms. The van der Waals surface area contributed by atoms with Gasteiger partial charge in [-0.05, 0) is 12.5 Å². The molecule has 0 aliphatic heterocycles. The van der Waals surface area contributed by atoms with E-state index in [-0.39, 0.29) is 17.9 Å². The first-order valence-electron chi connectivity index (χ1n) is 5.22. The van der Waals surface area contributed by atoms with Crippen LogP contribution in [0.15, 0.2) is 12.1 Å². The Morgan fingerprint density at radius 3 is 2.56 bits per heavy atom. The van der Waals surface area contributed by atoms with Crippen molar-refractivity contribution in [2.45, 2.75) is 6.42 Å². The fraction of sp³-hybridized carbons (Fsp3) is 0.400. The van der Waals surface area contributed by atoms with Crippen LogP contribution in [0.4, 0.5) is 20.2 Å². The monoisotopic (exact) mass is 279 g/mol. The van der Waals surface area contributed by atoms with Gasteiger partial charge in [0.15, 0.2) is 5.82 Å². The van der Waals surface area contributed by atoms with Crippen molar-refractivity contribution in [3.63, 3.8) is 0 Å². The van der Waals surface area contributed by atoms with Crippen LogP contribution in [0.2, 0.25) is 0 Å². The van der Waals surface area contributed by atoms with Crippen molar-refractivity contribution in [3.8, 4) is 0 Å². The standard InChI is InChI=1S/C10H15F2N3O2S/c1-18(16,17)15-4-2-3-14-9-6-7(11)5-8(12)10(9)13/h5-6,14-15H,2-4,13H2,1H3. The van der Waals surface area contributed by atoms with E-state index in [9.17, 15) is 17.2 Å². The molecule has 102 valence electrons. The number of rotatable bonds is 6. The third-order valence-electron chi connectivity index (χ3n) is 2.13. The summed E-state index contributed by atoms with van der Waals surface area (Å²) in [5.74, 6) is -1.55. The Bertz CT molecular complexity index is 520. The van der Waals surface area contributed by atoms with E-state index in [0.717, 1.165) is 12.3 Å². The second kappa shape index (κ2) is 5.96. The van der Waals surface area contributed by atoms with Crippen molar-refractivity contribution in [3.05, 3.63) is 23.8 Å². The molecule has 0 aliphatic carbocycles. The first-order chi connectivity index (χ1) is 8.29. The minimum absolute atomic E-state index is 0.159. The number of anilines is 2. The Hall–Kier alpha value is -1.41. The molecule has 5 nitrogen and oxygen atoms in total. The molecule has 0 heterocycles. The Morgan fingerprint density at radius 1 is 1.28 bits per heavy atom. The molecule has 1 aromatic rings. The molecule has 0 aliphatic rings. The van der Waals surface area contributed by atoms with Gasteiger partial charge in [0, 0.05) is 19.2 Å². The SMILES string of the molecule is CS(=O)(=O)NCCCNc1cc(F)cc(F)c1N. The molecule has 0 amide bonds. The van der Waals surface area contributed by atoms with Crippen LogP contribution in [0, 0.1) is 11.6 Å². The average Bonchev–Trinajstić information content (AvgIpc) is 2.22. The molecule has 4 N–H and O–H groups in total. The van der Waals surface area contributed by atoms with Crippen LogP contribution in [0.5, 0.6) is 0 Å². The van der Waals surface area contributed by atoms with Crippen molar-refractivity contribution in [2.75, 3.05) is 30.4 Å². The predicted octanol–water partition coefficient (Wildman–Crippen LogP) is 0.898. The van der Waals surface area contributed by atoms with Gasteiger partial charge >= 0.3 is 0 Å². The zero-order valence-corrected chi connectivity index (χ0v) is 10.7. The van der Waals surface area contributed by atoms with Crippen LogP contribution in [-0.2, 0) is 10.0 Å². The largest absolute Gasteiger partial charge is 0.395 e. The highest BCUT2D eigenvalue weighted by Gasteiger charge is 2.07. The first-order valence-corrected chi connectivity index (χ1v) is 7.12. The van der Waals surface area contributed by atoms with Gasteiger partial charge in [-0.2, -0.15) is 0 Å². The van der Waals surface area contributed by atoms with E-state index in [1.165, 1.54) is 0 Å². The van der Waals surface area contributed by atoms with Gasteiger partial charge in [0.05, 0.1) is 17.6 Å². The summed E-state index contributed by atoms with van der Waals surface area (Å²) in [6.07, 6.45) is 1.52. The van der Waals surface area contributed by atoms with Crippen LogP contribution in [0.3, 0.4) is 0 Å². The number of halogens is 2. The predicted molar refractivity (Wildman–Crippen MR) is 66.7 cm³/mol. The molecule has 1 aromatic carbocycles. The second-order valence-corrected chi connectivity index (χ2v) is 5.63. The zero-order valence-electron chi connectivity index (χ0n) is 9.83. The van der Waals surface area contributed by atoms with Gasteiger partial charge in [-0.3, -0.25) is 0 Å². The summed E-state index contributed by atoms with van der Waals surface area (Å²) >= 11 is 0. The van der Waals surface area contributed by atoms with Gasteiger partial charge in [-0.25, -0.2) is 21.9 Å². The van der Waals surface area contributed by atoms with Gasteiger partial charge in [0.25, 0.3) is 0 Å². The molecule has 0 radical (unpaired) electrons. The molecule has 18 heavy (non-hydrogen) atoms. The van der Waals surface area contributed by atoms with Crippen LogP contribution < -0.4 is 15.8 Å². The van der Waals surface area contributed by atoms with E-state index in [0.29, 0.717) is 19.0 Å². The highest BCUT2D eigenvalue weighted by Crippen LogP contribution is 2.23. The number of benzene rings is 1. The van der Waals surface area contributed by atoms with E-state index in [1.807, 2.05) is 0 Å². The van der Waals surface area contributed by atoms with Gasteiger partial charge < -0.3 is 11.1 Å². The molecule has 1 rings (SSSR count). The summed E-state index contributed by atoms with van der Waals surface area (Å²) in [7, 11) is -3.21. The molecule has 0 aromatic heterocycles. The van der Waals surface area contributed by atoms with Crippen molar-refractivity contribution in [1.82, 2.24) is 4.72 Å². The van der Waals surface area contributed by atoms with Crippen LogP contribution in [0.25, 0.3) is 0 Å². The van der Waals surface area contributed by atoms with Crippen molar-refractivity contribution in [2.24, 2.45) is 0 Å². The van der Waals surface area contributed by atoms with Crippen molar-refractivity contribution < 1.29 is 17.2 Å². The van der Waals surface area contributed by atoms with Crippen molar-refractivity contribution >= 4 is 21.4 Å². The minimum Gasteiger partial charge on any atom is -0.395 e. The summed E-state index contributed by atoms with van der Waals surface area (Å²) in [5.41, 5.74) is 5.42. The van der Waals surface area contributed by atoms with Gasteiger partial charge in [-0.1, -0.05) is 0 Å². The fourth-order valence-electron chi connectivity index (χ4n) is 1.30. The Morgan fingerprint density at radius 2 is 1.94 bits per heavy atom. The van der Waals surface area contributed by atoms with E-state index in [2.05, 4.69) is 10.0 Å². The number of hydrogen-bond acceptors (Lipinski definition) is 4. The molecule has 0 saturated heterocycles. The maximum absolute atomic E-state index is 13.1. The summed E-state index contributed by atoms with van der Waals surface area (Å²) in [5, 5.41) is 2.74. The van der Waals surface area contributed by atoms with E-state index >= 15 is 0 Å². The molecule has 0 spiro atoms. The molecule has 8 heteroatoms. The third kappa shape index (κ3) is 4.84. The van der Waals surface area contributed by atoms with E-state index < -0.39 is 21.7 Å². The highest BCUT2D eigenvalue weighted by molar-refractivity contribution is 7.88. The van der Waals surface area contributed by atoms with Crippen molar-refractivity contribution in [1.29, 1.82) is 0 Å². The molecule has 0 unspecified atom stereocenters. The molecule has 0 saturated carbocycles. The number of nitrogens with one attached hydrogen (secondary N) is 2. The van der Waals surface area contributed by atoms with Gasteiger partial charge in [0.2, 0.25) is 10.0 Å². The Balaban J connectivity index is 2.45. The zero-order chi connectivity index (χ0) is 13.8. The summed E-state index contributed by atoms with van der Waals surface area (Å²) < 4.78 is 49.8. The van der Waals surface area contributed by atoms with E-state index in [4.69, 9.17) is 5.73 Å². The van der Waals surface area contributed by atoms with Crippen LogP contribution >= 0.6 is 0 Å². The average molecular weight is 279 g/mol. The maximum Gasteiger partial charge on any atom is 0.208 e. The lowest BCUT2D eigenvalue weighted by Gasteiger charge is -2.10. The number of hydrogen-bond donors (Lipinski definition) is 3. The molecule has 0 atom stereocenters. The van der Waals surface area contributed by atoms with E-state index in [1.54, 1.807) is 0 Å². The number of nitrogen functional groups attached to an aromatic ring is 1. The fourth-order valence-corrected chi connectivity index (χ4v) is 1.82. The smallest absolute Gasteiger partial charge is 0.208 e. The first kappa shape index (κ1) is 14.7. The highest BCUT2D eigenvalue weighted by atomic mass is 32.2. The summed E-state index contributed by atoms with van der Waals surface area (Å²) in [6, 6.07) is 1.79. The lowest BCUT2D eigenvalue weighted by atomic mass is 10.2. The summed E-state index contributed by atoms with van der Waals surface area (Å²) in [4.78, 5) is 0. The Kier molecular flexibility index (Phi) is 4.85. The van der Waals surface area contributed by atoms with Gasteiger partial charge in [-0.15, -0.1) is 0 Å². The Labute approximate surface area is 104 Å². The lowest BCUT2D eigenvalue weighted by molar-refractivity contribution is 0.586. The second-order valence-electron chi connectivity index (χ2n) is 3.80. The maximum atomic E-state index is 13.1. The molecule has 0 fully saturated rings. The normalized spacial score (nSPS) is 11.5. The quantitative estimate of drug-likeness (QED) is 0.533. The lowest BCUT2D eigenvalue weighted by Crippen LogP contribution is -2.24. The molecular formula is C10H15F2N3O2S. The topological polar surface area (TPSA) is 84.2 Å². The number of nitrogens with two attached hydrogens (primary N) is 1. The van der Waals surface area contributed by atoms with Crippen LogP contribution in [0.1, 0.15) is 6.42 Å². The number of sulfonamides is 1. The third-order valence-corrected chi connectivity index (χ3v) is 2.86.